The molecular formula is C23H40N2O3. The van der Waals surface area contributed by atoms with Crippen LogP contribution in [0.4, 0.5) is 0 Å². The summed E-state index contributed by atoms with van der Waals surface area (Å²) in [6.45, 7) is 18.1. The van der Waals surface area contributed by atoms with E-state index < -0.39 is 0 Å². The third-order valence-corrected chi connectivity index (χ3v) is 8.14. The minimum absolute atomic E-state index is 0.292. The molecule has 4 unspecified atom stereocenters. The van der Waals surface area contributed by atoms with Crippen LogP contribution in [0.5, 0.6) is 0 Å². The van der Waals surface area contributed by atoms with Crippen molar-refractivity contribution in [2.24, 2.45) is 16.2 Å². The molecule has 5 fully saturated rings. The number of hydrogen-bond donors (Lipinski definition) is 0. The van der Waals surface area contributed by atoms with E-state index >= 15 is 0 Å². The summed E-state index contributed by atoms with van der Waals surface area (Å²) >= 11 is 0. The van der Waals surface area contributed by atoms with Gasteiger partial charge >= 0.3 is 0 Å². The molecule has 5 aliphatic rings. The van der Waals surface area contributed by atoms with Crippen molar-refractivity contribution in [1.82, 2.24) is 9.80 Å². The van der Waals surface area contributed by atoms with Gasteiger partial charge in [0.05, 0.1) is 25.4 Å². The minimum Gasteiger partial charge on any atom is -0.380 e. The summed E-state index contributed by atoms with van der Waals surface area (Å²) in [6, 6.07) is 1.16. The molecule has 0 saturated carbocycles. The van der Waals surface area contributed by atoms with Crippen molar-refractivity contribution in [2.45, 2.75) is 77.7 Å². The van der Waals surface area contributed by atoms with E-state index in [9.17, 15) is 0 Å². The summed E-state index contributed by atoms with van der Waals surface area (Å²) < 4.78 is 18.0. The molecule has 160 valence electrons. The second kappa shape index (κ2) is 6.91. The Morgan fingerprint density at radius 1 is 0.750 bits per heavy atom. The van der Waals surface area contributed by atoms with E-state index in [1.54, 1.807) is 0 Å². The highest BCUT2D eigenvalue weighted by Gasteiger charge is 2.57. The third-order valence-electron chi connectivity index (χ3n) is 8.14. The highest BCUT2D eigenvalue weighted by atomic mass is 16.5. The molecular weight excluding hydrogens is 352 g/mol. The molecule has 0 amide bonds. The molecule has 0 bridgehead atoms. The van der Waals surface area contributed by atoms with Crippen LogP contribution in [0.3, 0.4) is 0 Å². The van der Waals surface area contributed by atoms with Gasteiger partial charge in [-0.25, -0.2) is 0 Å². The molecule has 5 nitrogen and oxygen atoms in total. The van der Waals surface area contributed by atoms with E-state index in [0.29, 0.717) is 40.5 Å². The van der Waals surface area contributed by atoms with Gasteiger partial charge in [0.25, 0.3) is 0 Å². The van der Waals surface area contributed by atoms with Crippen LogP contribution < -0.4 is 0 Å². The Labute approximate surface area is 171 Å². The van der Waals surface area contributed by atoms with E-state index in [1.165, 1.54) is 38.8 Å². The van der Waals surface area contributed by atoms with Gasteiger partial charge in [0.15, 0.2) is 0 Å². The maximum atomic E-state index is 6.11. The first-order chi connectivity index (χ1) is 13.3. The van der Waals surface area contributed by atoms with Crippen molar-refractivity contribution >= 4 is 0 Å². The molecule has 0 radical (unpaired) electrons. The topological polar surface area (TPSA) is 34.2 Å². The van der Waals surface area contributed by atoms with Gasteiger partial charge in [-0.1, -0.05) is 27.7 Å². The van der Waals surface area contributed by atoms with Gasteiger partial charge in [-0.3, -0.25) is 9.80 Å². The zero-order chi connectivity index (χ0) is 19.6. The molecule has 4 atom stereocenters. The number of ether oxygens (including phenoxy) is 3. The number of rotatable bonds is 6. The lowest BCUT2D eigenvalue weighted by Crippen LogP contribution is -2.73. The Bertz CT molecular complexity index is 530. The van der Waals surface area contributed by atoms with Crippen molar-refractivity contribution in [3.05, 3.63) is 0 Å². The zero-order valence-electron chi connectivity index (χ0n) is 18.4. The fourth-order valence-electron chi connectivity index (χ4n) is 7.17. The van der Waals surface area contributed by atoms with Gasteiger partial charge in [-0.05, 0) is 36.5 Å². The Morgan fingerprint density at radius 2 is 1.21 bits per heavy atom. The molecule has 0 aromatic heterocycles. The Balaban J connectivity index is 1.25. The lowest BCUT2D eigenvalue weighted by Gasteiger charge is -2.63. The lowest BCUT2D eigenvalue weighted by molar-refractivity contribution is -0.209. The summed E-state index contributed by atoms with van der Waals surface area (Å²) in [5.41, 5.74) is 1.04. The summed E-state index contributed by atoms with van der Waals surface area (Å²) in [6.07, 6.45) is 5.79. The normalized spacial score (nSPS) is 42.0. The standard InChI is InChI=1S/C23H40N2O3/c1-21(2)11-24(19(21)17-7-5-9-27-17)13-23(15-26-16-23)14-25-12-22(3,4)20(25)18-8-6-10-28-18/h17-20H,5-16H2,1-4H3. The highest BCUT2D eigenvalue weighted by Crippen LogP contribution is 2.48. The molecule has 5 saturated heterocycles. The molecule has 28 heavy (non-hydrogen) atoms. The van der Waals surface area contributed by atoms with Crippen molar-refractivity contribution in [2.75, 3.05) is 52.6 Å². The third kappa shape index (κ3) is 3.26. The Kier molecular flexibility index (Phi) is 4.87. The maximum absolute atomic E-state index is 6.11. The quantitative estimate of drug-likeness (QED) is 0.694. The van der Waals surface area contributed by atoms with Crippen molar-refractivity contribution in [3.63, 3.8) is 0 Å². The second-order valence-corrected chi connectivity index (χ2v) is 11.8. The van der Waals surface area contributed by atoms with E-state index in [4.69, 9.17) is 14.2 Å². The predicted octanol–water partition coefficient (Wildman–Crippen LogP) is 2.78. The van der Waals surface area contributed by atoms with Gasteiger partial charge in [0, 0.05) is 56.9 Å². The van der Waals surface area contributed by atoms with Crippen molar-refractivity contribution in [1.29, 1.82) is 0 Å². The fraction of sp³-hybridized carbons (Fsp3) is 1.00. The monoisotopic (exact) mass is 392 g/mol. The first-order valence-corrected chi connectivity index (χ1v) is 11.6. The first-order valence-electron chi connectivity index (χ1n) is 11.6. The number of likely N-dealkylation sites (tertiary alicyclic amines) is 2. The van der Waals surface area contributed by atoms with E-state index in [1.807, 2.05) is 0 Å². The van der Waals surface area contributed by atoms with Crippen LogP contribution in [-0.2, 0) is 14.2 Å². The molecule has 0 aromatic carbocycles. The average molecular weight is 393 g/mol. The van der Waals surface area contributed by atoms with Crippen LogP contribution in [0.25, 0.3) is 0 Å². The Morgan fingerprint density at radius 3 is 1.50 bits per heavy atom. The van der Waals surface area contributed by atoms with E-state index in [2.05, 4.69) is 37.5 Å². The maximum Gasteiger partial charge on any atom is 0.0736 e. The molecule has 5 aliphatic heterocycles. The molecule has 0 aliphatic carbocycles. The smallest absolute Gasteiger partial charge is 0.0736 e. The molecule has 5 heteroatoms. The number of nitrogens with zero attached hydrogens (tertiary/aromatic N) is 2. The van der Waals surface area contributed by atoms with Crippen LogP contribution in [0, 0.1) is 16.2 Å². The van der Waals surface area contributed by atoms with Gasteiger partial charge in [-0.2, -0.15) is 0 Å². The summed E-state index contributed by atoms with van der Waals surface area (Å²) in [5.74, 6) is 0. The summed E-state index contributed by atoms with van der Waals surface area (Å²) in [5, 5.41) is 0. The Hall–Kier alpha value is -0.200. The zero-order valence-corrected chi connectivity index (χ0v) is 18.4. The molecule has 0 spiro atoms. The van der Waals surface area contributed by atoms with Gasteiger partial charge < -0.3 is 14.2 Å². The van der Waals surface area contributed by atoms with Crippen molar-refractivity contribution in [3.8, 4) is 0 Å². The predicted molar refractivity (Wildman–Crippen MR) is 109 cm³/mol. The molecule has 0 N–H and O–H groups in total. The van der Waals surface area contributed by atoms with Gasteiger partial charge in [0.1, 0.15) is 0 Å². The van der Waals surface area contributed by atoms with Crippen LogP contribution in [0.1, 0.15) is 53.4 Å². The lowest BCUT2D eigenvalue weighted by atomic mass is 9.68. The fourth-order valence-corrected chi connectivity index (χ4v) is 7.17. The summed E-state index contributed by atoms with van der Waals surface area (Å²) in [4.78, 5) is 5.45. The highest BCUT2D eigenvalue weighted by molar-refractivity contribution is 5.09. The van der Waals surface area contributed by atoms with E-state index in [-0.39, 0.29) is 0 Å². The first kappa shape index (κ1) is 19.7. The van der Waals surface area contributed by atoms with Gasteiger partial charge in [-0.15, -0.1) is 0 Å². The van der Waals surface area contributed by atoms with Crippen LogP contribution in [0.2, 0.25) is 0 Å². The minimum atomic E-state index is 0.292. The SMILES string of the molecule is CC1(C)CN(CC2(CN3CC(C)(C)C3C3CCCO3)COC2)C1C1CCCO1. The van der Waals surface area contributed by atoms with Crippen LogP contribution in [-0.4, -0.2) is 86.7 Å². The van der Waals surface area contributed by atoms with Crippen LogP contribution >= 0.6 is 0 Å². The average Bonchev–Trinajstić information content (AvgIpc) is 3.24. The van der Waals surface area contributed by atoms with Crippen LogP contribution in [0.15, 0.2) is 0 Å². The summed E-state index contributed by atoms with van der Waals surface area (Å²) in [7, 11) is 0. The van der Waals surface area contributed by atoms with E-state index in [0.717, 1.165) is 39.5 Å². The second-order valence-electron chi connectivity index (χ2n) is 11.8. The molecule has 5 rings (SSSR count). The van der Waals surface area contributed by atoms with Gasteiger partial charge in [0.2, 0.25) is 0 Å². The largest absolute Gasteiger partial charge is 0.380 e. The van der Waals surface area contributed by atoms with Crippen molar-refractivity contribution < 1.29 is 14.2 Å². The molecule has 5 heterocycles. The number of hydrogen-bond acceptors (Lipinski definition) is 5. The molecule has 0 aromatic rings.